The maximum absolute atomic E-state index is 4.85. The molecule has 2 aliphatic carbocycles. The van der Waals surface area contributed by atoms with Crippen LogP contribution in [0.3, 0.4) is 0 Å². The maximum atomic E-state index is 4.85. The number of nitrogens with one attached hydrogen (secondary N) is 1. The third kappa shape index (κ3) is 3.16. The molecule has 0 unspecified atom stereocenters. The first kappa shape index (κ1) is 19.1. The lowest BCUT2D eigenvalue weighted by molar-refractivity contribution is 0.625. The molecule has 1 atom stereocenters. The molecule has 7 nitrogen and oxygen atoms in total. The number of benzene rings is 1. The minimum absolute atomic E-state index is 0.296. The average Bonchev–Trinajstić information content (AvgIpc) is 3.41. The first-order valence-corrected chi connectivity index (χ1v) is 11.2. The highest BCUT2D eigenvalue weighted by Gasteiger charge is 2.29. The number of aromatic nitrogens is 6. The highest BCUT2D eigenvalue weighted by atomic mass is 15.4. The SMILES string of the molecule is CC(C)c1cnn2c(N[C@@H]3CCC4=C(C3)c3ccccc3C4)nc(-c3cncnc3)nc12. The molecule has 0 radical (unpaired) electrons. The average molecular weight is 424 g/mol. The Balaban J connectivity index is 1.38. The largest absolute Gasteiger partial charge is 0.351 e. The van der Waals surface area contributed by atoms with Crippen molar-refractivity contribution in [1.29, 1.82) is 0 Å². The molecular weight excluding hydrogens is 398 g/mol. The van der Waals surface area contributed by atoms with Crippen molar-refractivity contribution in [3.63, 3.8) is 0 Å². The highest BCUT2D eigenvalue weighted by Crippen LogP contribution is 2.42. The van der Waals surface area contributed by atoms with Gasteiger partial charge < -0.3 is 5.32 Å². The second kappa shape index (κ2) is 7.51. The molecule has 4 aromatic rings. The lowest BCUT2D eigenvalue weighted by atomic mass is 9.88. The van der Waals surface area contributed by atoms with Gasteiger partial charge in [-0.2, -0.15) is 14.6 Å². The molecule has 3 heterocycles. The monoisotopic (exact) mass is 423 g/mol. The van der Waals surface area contributed by atoms with Gasteiger partial charge in [-0.1, -0.05) is 43.7 Å². The first-order valence-electron chi connectivity index (χ1n) is 11.2. The van der Waals surface area contributed by atoms with E-state index in [1.54, 1.807) is 18.0 Å². The molecule has 0 spiro atoms. The molecular formula is C25H25N7. The van der Waals surface area contributed by atoms with Crippen LogP contribution in [0.4, 0.5) is 5.95 Å². The summed E-state index contributed by atoms with van der Waals surface area (Å²) < 4.78 is 1.84. The van der Waals surface area contributed by atoms with E-state index < -0.39 is 0 Å². The van der Waals surface area contributed by atoms with Gasteiger partial charge in [0, 0.05) is 24.0 Å². The summed E-state index contributed by atoms with van der Waals surface area (Å²) in [5.41, 5.74) is 8.72. The number of allylic oxidation sites excluding steroid dienone is 1. The molecule has 6 rings (SSSR count). The Morgan fingerprint density at radius 1 is 1.06 bits per heavy atom. The summed E-state index contributed by atoms with van der Waals surface area (Å²) >= 11 is 0. The quantitative estimate of drug-likeness (QED) is 0.513. The van der Waals surface area contributed by atoms with Crippen LogP contribution in [0.5, 0.6) is 0 Å². The van der Waals surface area contributed by atoms with Gasteiger partial charge >= 0.3 is 0 Å². The van der Waals surface area contributed by atoms with E-state index in [2.05, 4.69) is 58.5 Å². The van der Waals surface area contributed by atoms with E-state index in [9.17, 15) is 0 Å². The van der Waals surface area contributed by atoms with Crippen molar-refractivity contribution < 1.29 is 0 Å². The molecule has 0 saturated carbocycles. The molecule has 32 heavy (non-hydrogen) atoms. The van der Waals surface area contributed by atoms with Crippen LogP contribution < -0.4 is 5.32 Å². The first-order chi connectivity index (χ1) is 15.7. The molecule has 0 fully saturated rings. The zero-order valence-electron chi connectivity index (χ0n) is 18.3. The fourth-order valence-corrected chi connectivity index (χ4v) is 4.93. The number of rotatable bonds is 4. The second-order valence-corrected chi connectivity index (χ2v) is 8.99. The van der Waals surface area contributed by atoms with Gasteiger partial charge in [-0.3, -0.25) is 0 Å². The molecule has 3 aromatic heterocycles. The summed E-state index contributed by atoms with van der Waals surface area (Å²) in [5, 5.41) is 8.33. The lowest BCUT2D eigenvalue weighted by Gasteiger charge is -2.26. The number of fused-ring (bicyclic) bond motifs is 3. The van der Waals surface area contributed by atoms with Gasteiger partial charge in [0.15, 0.2) is 11.5 Å². The maximum Gasteiger partial charge on any atom is 0.228 e. The predicted molar refractivity (Wildman–Crippen MR) is 124 cm³/mol. The van der Waals surface area contributed by atoms with E-state index in [-0.39, 0.29) is 0 Å². The lowest BCUT2D eigenvalue weighted by Crippen LogP contribution is -2.25. The van der Waals surface area contributed by atoms with E-state index >= 15 is 0 Å². The van der Waals surface area contributed by atoms with E-state index in [0.29, 0.717) is 17.8 Å². The van der Waals surface area contributed by atoms with E-state index in [1.165, 1.54) is 23.0 Å². The van der Waals surface area contributed by atoms with Crippen molar-refractivity contribution in [2.75, 3.05) is 5.32 Å². The second-order valence-electron chi connectivity index (χ2n) is 8.99. The summed E-state index contributed by atoms with van der Waals surface area (Å²) in [5.74, 6) is 1.65. The minimum Gasteiger partial charge on any atom is -0.351 e. The molecule has 0 bridgehead atoms. The van der Waals surface area contributed by atoms with Crippen molar-refractivity contribution in [2.45, 2.75) is 51.5 Å². The van der Waals surface area contributed by atoms with Gasteiger partial charge in [-0.15, -0.1) is 0 Å². The predicted octanol–water partition coefficient (Wildman–Crippen LogP) is 4.68. The van der Waals surface area contributed by atoms with Crippen LogP contribution in [-0.4, -0.2) is 35.6 Å². The Morgan fingerprint density at radius 2 is 1.91 bits per heavy atom. The smallest absolute Gasteiger partial charge is 0.228 e. The van der Waals surface area contributed by atoms with E-state index in [1.807, 2.05) is 10.7 Å². The number of hydrogen-bond acceptors (Lipinski definition) is 6. The van der Waals surface area contributed by atoms with Crippen LogP contribution in [0.25, 0.3) is 22.6 Å². The number of nitrogens with zero attached hydrogens (tertiary/aromatic N) is 6. The Kier molecular flexibility index (Phi) is 4.48. The third-order valence-corrected chi connectivity index (χ3v) is 6.59. The molecule has 160 valence electrons. The Labute approximate surface area is 186 Å². The molecule has 2 aliphatic rings. The molecule has 0 saturated heterocycles. The fourth-order valence-electron chi connectivity index (χ4n) is 4.93. The molecule has 1 N–H and O–H groups in total. The Hall–Kier alpha value is -3.61. The molecule has 0 aliphatic heterocycles. The minimum atomic E-state index is 0.296. The third-order valence-electron chi connectivity index (χ3n) is 6.59. The number of hydrogen-bond donors (Lipinski definition) is 1. The molecule has 7 heteroatoms. The zero-order chi connectivity index (χ0) is 21.7. The fraction of sp³-hybridized carbons (Fsp3) is 0.320. The van der Waals surface area contributed by atoms with Crippen LogP contribution in [0.1, 0.15) is 55.7 Å². The Morgan fingerprint density at radius 3 is 2.75 bits per heavy atom. The van der Waals surface area contributed by atoms with Crippen molar-refractivity contribution >= 4 is 17.2 Å². The standard InChI is InChI=1S/C25H25N7/c1-15(2)22-13-28-32-24(22)30-23(18-11-26-14-27-12-18)31-25(32)29-19-8-7-17-9-16-5-3-4-6-20(16)21(17)10-19/h3-6,11-15,19H,7-10H2,1-2H3,(H,29,30,31)/t19-/m1/s1. The normalized spacial score (nSPS) is 17.7. The molecule has 1 aromatic carbocycles. The van der Waals surface area contributed by atoms with Gasteiger partial charge in [0.1, 0.15) is 6.33 Å². The topological polar surface area (TPSA) is 80.9 Å². The van der Waals surface area contributed by atoms with Crippen LogP contribution >= 0.6 is 0 Å². The van der Waals surface area contributed by atoms with Gasteiger partial charge in [-0.05, 0) is 48.3 Å². The van der Waals surface area contributed by atoms with Gasteiger partial charge in [-0.25, -0.2) is 15.0 Å². The summed E-state index contributed by atoms with van der Waals surface area (Å²) in [6.07, 6.45) is 11.2. The van der Waals surface area contributed by atoms with Gasteiger partial charge in [0.25, 0.3) is 0 Å². The summed E-state index contributed by atoms with van der Waals surface area (Å²) in [7, 11) is 0. The summed E-state index contributed by atoms with van der Waals surface area (Å²) in [4.78, 5) is 18.0. The summed E-state index contributed by atoms with van der Waals surface area (Å²) in [6.45, 7) is 4.31. The van der Waals surface area contributed by atoms with Gasteiger partial charge in [0.05, 0.1) is 11.8 Å². The van der Waals surface area contributed by atoms with Crippen molar-refractivity contribution in [1.82, 2.24) is 29.5 Å². The Bertz CT molecular complexity index is 1340. The number of anilines is 1. The molecule has 0 amide bonds. The van der Waals surface area contributed by atoms with E-state index in [0.717, 1.165) is 48.4 Å². The highest BCUT2D eigenvalue weighted by molar-refractivity contribution is 5.77. The van der Waals surface area contributed by atoms with Crippen molar-refractivity contribution in [3.05, 3.63) is 71.4 Å². The summed E-state index contributed by atoms with van der Waals surface area (Å²) in [6, 6.07) is 9.10. The zero-order valence-corrected chi connectivity index (χ0v) is 18.3. The van der Waals surface area contributed by atoms with Crippen LogP contribution in [-0.2, 0) is 6.42 Å². The van der Waals surface area contributed by atoms with Crippen LogP contribution in [0.15, 0.2) is 54.8 Å². The van der Waals surface area contributed by atoms with Crippen molar-refractivity contribution in [2.24, 2.45) is 0 Å². The van der Waals surface area contributed by atoms with E-state index in [4.69, 9.17) is 9.97 Å². The van der Waals surface area contributed by atoms with Crippen LogP contribution in [0.2, 0.25) is 0 Å². The van der Waals surface area contributed by atoms with Crippen LogP contribution in [0, 0.1) is 0 Å². The van der Waals surface area contributed by atoms with Gasteiger partial charge in [0.2, 0.25) is 5.95 Å². The van der Waals surface area contributed by atoms with Crippen molar-refractivity contribution in [3.8, 4) is 11.4 Å².